The number of rotatable bonds is 6. The van der Waals surface area contributed by atoms with Crippen molar-refractivity contribution in [2.24, 2.45) is 5.92 Å². The van der Waals surface area contributed by atoms with Gasteiger partial charge >= 0.3 is 0 Å². The van der Waals surface area contributed by atoms with E-state index in [-0.39, 0.29) is 5.91 Å². The van der Waals surface area contributed by atoms with Crippen LogP contribution in [0, 0.1) is 5.92 Å². The van der Waals surface area contributed by atoms with Crippen molar-refractivity contribution >= 4 is 40.4 Å². The van der Waals surface area contributed by atoms with Crippen LogP contribution < -0.4 is 10.6 Å². The van der Waals surface area contributed by atoms with Gasteiger partial charge in [0.25, 0.3) is 0 Å². The molecule has 0 aliphatic heterocycles. The number of anilines is 2. The summed E-state index contributed by atoms with van der Waals surface area (Å²) in [4.78, 5) is 12.2. The van der Waals surface area contributed by atoms with Gasteiger partial charge in [0.05, 0.1) is 17.9 Å². The van der Waals surface area contributed by atoms with Crippen LogP contribution in [0.5, 0.6) is 0 Å². The Morgan fingerprint density at radius 1 is 1.35 bits per heavy atom. The fraction of sp³-hybridized carbons (Fsp3) is 0.312. The van der Waals surface area contributed by atoms with Crippen molar-refractivity contribution in [3.63, 3.8) is 0 Å². The second-order valence-corrected chi connectivity index (χ2v) is 6.77. The molecule has 1 amide bonds. The van der Waals surface area contributed by atoms with Crippen LogP contribution in [0.3, 0.4) is 0 Å². The lowest BCUT2D eigenvalue weighted by molar-refractivity contribution is -0.116. The highest BCUT2D eigenvalue weighted by molar-refractivity contribution is 7.10. The molecule has 1 heterocycles. The van der Waals surface area contributed by atoms with E-state index in [2.05, 4.69) is 32.4 Å². The lowest BCUT2D eigenvalue weighted by atomic mass is 10.0. The fourth-order valence-electron chi connectivity index (χ4n) is 2.53. The SMILES string of the molecule is O=C(C[C@@H]1C=CCC1)Nc1ccccc1NCc1nnsc1Cl. The minimum Gasteiger partial charge on any atom is -0.378 e. The zero-order valence-corrected chi connectivity index (χ0v) is 14.0. The zero-order chi connectivity index (χ0) is 16.1. The van der Waals surface area contributed by atoms with E-state index in [0.717, 1.165) is 35.7 Å². The van der Waals surface area contributed by atoms with Crippen molar-refractivity contribution in [1.82, 2.24) is 9.59 Å². The zero-order valence-electron chi connectivity index (χ0n) is 12.5. The standard InChI is InChI=1S/C16H17ClN4OS/c17-16-14(20-21-23-16)10-18-12-7-3-4-8-13(12)19-15(22)9-11-5-1-2-6-11/h1,3-5,7-8,11,18H,2,6,9-10H2,(H,19,22)/t11-/m1/s1. The van der Waals surface area contributed by atoms with Crippen molar-refractivity contribution < 1.29 is 4.79 Å². The van der Waals surface area contributed by atoms with Gasteiger partial charge in [-0.2, -0.15) is 0 Å². The smallest absolute Gasteiger partial charge is 0.225 e. The Kier molecular flexibility index (Phi) is 5.25. The number of benzene rings is 1. The fourth-order valence-corrected chi connectivity index (χ4v) is 3.16. The van der Waals surface area contributed by atoms with Gasteiger partial charge < -0.3 is 10.6 Å². The molecule has 1 aliphatic carbocycles. The van der Waals surface area contributed by atoms with Crippen molar-refractivity contribution in [3.8, 4) is 0 Å². The summed E-state index contributed by atoms with van der Waals surface area (Å²) in [7, 11) is 0. The molecule has 0 fully saturated rings. The molecule has 23 heavy (non-hydrogen) atoms. The molecule has 1 atom stereocenters. The lowest BCUT2D eigenvalue weighted by Crippen LogP contribution is -2.16. The number of nitrogens with zero attached hydrogens (tertiary/aromatic N) is 2. The first-order valence-electron chi connectivity index (χ1n) is 7.48. The number of nitrogens with one attached hydrogen (secondary N) is 2. The number of hydrogen-bond donors (Lipinski definition) is 2. The molecular formula is C16H17ClN4OS. The summed E-state index contributed by atoms with van der Waals surface area (Å²) in [5, 5.41) is 10.2. The molecule has 0 saturated carbocycles. The maximum Gasteiger partial charge on any atom is 0.225 e. The normalized spacial score (nSPS) is 16.5. The first kappa shape index (κ1) is 16.0. The molecular weight excluding hydrogens is 332 g/mol. The van der Waals surface area contributed by atoms with E-state index < -0.39 is 0 Å². The topological polar surface area (TPSA) is 66.9 Å². The molecule has 0 saturated heterocycles. The molecule has 120 valence electrons. The van der Waals surface area contributed by atoms with E-state index in [4.69, 9.17) is 11.6 Å². The molecule has 0 unspecified atom stereocenters. The van der Waals surface area contributed by atoms with E-state index >= 15 is 0 Å². The first-order chi connectivity index (χ1) is 11.2. The van der Waals surface area contributed by atoms with E-state index in [9.17, 15) is 4.79 Å². The largest absolute Gasteiger partial charge is 0.378 e. The number of hydrogen-bond acceptors (Lipinski definition) is 5. The van der Waals surface area contributed by atoms with Gasteiger partial charge in [0.15, 0.2) is 0 Å². The Morgan fingerprint density at radius 2 is 2.17 bits per heavy atom. The Morgan fingerprint density at radius 3 is 2.87 bits per heavy atom. The molecule has 0 radical (unpaired) electrons. The molecule has 2 N–H and O–H groups in total. The van der Waals surface area contributed by atoms with Crippen LogP contribution in [0.2, 0.25) is 4.34 Å². The summed E-state index contributed by atoms with van der Waals surface area (Å²) in [5.41, 5.74) is 2.31. The van der Waals surface area contributed by atoms with Gasteiger partial charge in [0.2, 0.25) is 5.91 Å². The molecule has 5 nitrogen and oxygen atoms in total. The van der Waals surface area contributed by atoms with Crippen LogP contribution in [0.4, 0.5) is 11.4 Å². The minimum absolute atomic E-state index is 0.0316. The molecule has 1 aromatic heterocycles. The van der Waals surface area contributed by atoms with Gasteiger partial charge in [-0.15, -0.1) is 5.10 Å². The molecule has 2 aromatic rings. The molecule has 1 aliphatic rings. The molecule has 0 spiro atoms. The predicted octanol–water partition coefficient (Wildman–Crippen LogP) is 4.10. The van der Waals surface area contributed by atoms with E-state index in [1.807, 2.05) is 24.3 Å². The average molecular weight is 349 g/mol. The Labute approximate surface area is 143 Å². The maximum absolute atomic E-state index is 12.2. The number of aromatic nitrogens is 2. The van der Waals surface area contributed by atoms with Crippen LogP contribution >= 0.6 is 23.1 Å². The van der Waals surface area contributed by atoms with Crippen LogP contribution in [0.25, 0.3) is 0 Å². The third kappa shape index (κ3) is 4.30. The van der Waals surface area contributed by atoms with Gasteiger partial charge in [-0.05, 0) is 30.9 Å². The monoisotopic (exact) mass is 348 g/mol. The van der Waals surface area contributed by atoms with E-state index in [1.54, 1.807) is 0 Å². The summed E-state index contributed by atoms with van der Waals surface area (Å²) in [6.45, 7) is 0.466. The van der Waals surface area contributed by atoms with Crippen molar-refractivity contribution in [3.05, 3.63) is 46.4 Å². The van der Waals surface area contributed by atoms with Crippen molar-refractivity contribution in [2.75, 3.05) is 10.6 Å². The highest BCUT2D eigenvalue weighted by Crippen LogP contribution is 2.25. The lowest BCUT2D eigenvalue weighted by Gasteiger charge is -2.13. The average Bonchev–Trinajstić information content (AvgIpc) is 3.18. The number of para-hydroxylation sites is 2. The summed E-state index contributed by atoms with van der Waals surface area (Å²) < 4.78 is 4.38. The van der Waals surface area contributed by atoms with Gasteiger partial charge in [0, 0.05) is 18.0 Å². The van der Waals surface area contributed by atoms with Gasteiger partial charge in [-0.1, -0.05) is 40.4 Å². The second-order valence-electron chi connectivity index (χ2n) is 5.41. The van der Waals surface area contributed by atoms with Crippen molar-refractivity contribution in [2.45, 2.75) is 25.8 Å². The summed E-state index contributed by atoms with van der Waals surface area (Å²) in [5.74, 6) is 0.388. The highest BCUT2D eigenvalue weighted by atomic mass is 35.5. The van der Waals surface area contributed by atoms with E-state index in [0.29, 0.717) is 28.9 Å². The van der Waals surface area contributed by atoms with Gasteiger partial charge in [0.1, 0.15) is 10.0 Å². The van der Waals surface area contributed by atoms with Gasteiger partial charge in [-0.3, -0.25) is 4.79 Å². The molecule has 7 heteroatoms. The number of amides is 1. The van der Waals surface area contributed by atoms with Crippen LogP contribution in [0.1, 0.15) is 25.0 Å². The number of carbonyl (C=O) groups excluding carboxylic acids is 1. The molecule has 0 bridgehead atoms. The van der Waals surface area contributed by atoms with Gasteiger partial charge in [-0.25, -0.2) is 0 Å². The number of allylic oxidation sites excluding steroid dienone is 2. The van der Waals surface area contributed by atoms with Crippen LogP contribution in [-0.2, 0) is 11.3 Å². The Bertz CT molecular complexity index is 716. The number of halogens is 1. The first-order valence-corrected chi connectivity index (χ1v) is 8.63. The highest BCUT2D eigenvalue weighted by Gasteiger charge is 2.15. The van der Waals surface area contributed by atoms with Crippen molar-refractivity contribution in [1.29, 1.82) is 0 Å². The van der Waals surface area contributed by atoms with Crippen LogP contribution in [0.15, 0.2) is 36.4 Å². The Hall–Kier alpha value is -1.92. The number of carbonyl (C=O) groups is 1. The summed E-state index contributed by atoms with van der Waals surface area (Å²) in [6, 6.07) is 7.61. The maximum atomic E-state index is 12.2. The quantitative estimate of drug-likeness (QED) is 0.771. The minimum atomic E-state index is 0.0316. The third-order valence-corrected chi connectivity index (χ3v) is 4.70. The van der Waals surface area contributed by atoms with Crippen LogP contribution in [-0.4, -0.2) is 15.5 Å². The summed E-state index contributed by atoms with van der Waals surface area (Å²) in [6.07, 6.45) is 6.91. The summed E-state index contributed by atoms with van der Waals surface area (Å²) >= 11 is 7.16. The third-order valence-electron chi connectivity index (χ3n) is 3.72. The second kappa shape index (κ2) is 7.57. The van der Waals surface area contributed by atoms with E-state index in [1.165, 1.54) is 0 Å². The molecule has 1 aromatic carbocycles. The molecule has 3 rings (SSSR count). The predicted molar refractivity (Wildman–Crippen MR) is 93.8 cm³/mol. The Balaban J connectivity index is 1.61.